The second-order valence-corrected chi connectivity index (χ2v) is 9.00. The molecule has 1 atom stereocenters. The second-order valence-electron chi connectivity index (χ2n) is 8.23. The zero-order valence-electron chi connectivity index (χ0n) is 19.2. The first-order valence-electron chi connectivity index (χ1n) is 11.2. The summed E-state index contributed by atoms with van der Waals surface area (Å²) in [6.45, 7) is 2.81. The summed E-state index contributed by atoms with van der Waals surface area (Å²) in [7, 11) is 0. The fourth-order valence-electron chi connectivity index (χ4n) is 3.89. The minimum atomic E-state index is -1.40. The van der Waals surface area contributed by atoms with Crippen LogP contribution in [0.4, 0.5) is 23.0 Å². The fourth-order valence-corrected chi connectivity index (χ4v) is 4.62. The quantitative estimate of drug-likeness (QED) is 0.269. The lowest BCUT2D eigenvalue weighted by Crippen LogP contribution is -2.34. The van der Waals surface area contributed by atoms with Gasteiger partial charge in [-0.05, 0) is 68.9 Å². The van der Waals surface area contributed by atoms with Gasteiger partial charge >= 0.3 is 6.03 Å². The topological polar surface area (TPSA) is 130 Å². The lowest BCUT2D eigenvalue weighted by Gasteiger charge is -2.22. The number of primary amides is 1. The molecule has 3 rings (SSSR count). The minimum Gasteiger partial charge on any atom is -0.471 e. The van der Waals surface area contributed by atoms with Crippen molar-refractivity contribution < 1.29 is 32.6 Å². The maximum absolute atomic E-state index is 14.1. The Morgan fingerprint density at radius 3 is 2.80 bits per heavy atom. The average molecular weight is 516 g/mol. The zero-order valence-corrected chi connectivity index (χ0v) is 20.0. The first-order valence-corrected chi connectivity index (χ1v) is 11.9. The van der Waals surface area contributed by atoms with Crippen LogP contribution in [0.15, 0.2) is 6.07 Å². The van der Waals surface area contributed by atoms with Crippen molar-refractivity contribution in [2.45, 2.75) is 45.3 Å². The van der Waals surface area contributed by atoms with Crippen LogP contribution in [0.1, 0.15) is 47.2 Å². The Hall–Kier alpha value is -2.90. The number of aryl methyl sites for hydroxylation is 1. The van der Waals surface area contributed by atoms with E-state index in [0.29, 0.717) is 24.5 Å². The number of nitrogens with zero attached hydrogens (tertiary/aromatic N) is 2. The molecule has 9 nitrogen and oxygen atoms in total. The third-order valence-electron chi connectivity index (χ3n) is 5.79. The predicted molar refractivity (Wildman–Crippen MR) is 124 cm³/mol. The normalized spacial score (nSPS) is 15.9. The molecule has 3 amide bonds. The Balaban J connectivity index is 1.52. The smallest absolute Gasteiger partial charge is 0.319 e. The van der Waals surface area contributed by atoms with Gasteiger partial charge in [0.15, 0.2) is 11.6 Å². The van der Waals surface area contributed by atoms with Crippen molar-refractivity contribution in [3.63, 3.8) is 0 Å². The largest absolute Gasteiger partial charge is 0.471 e. The van der Waals surface area contributed by atoms with Crippen molar-refractivity contribution in [2.75, 3.05) is 31.6 Å². The minimum absolute atomic E-state index is 0.00360. The number of halogens is 3. The summed E-state index contributed by atoms with van der Waals surface area (Å²) in [5.74, 6) is -4.91. The summed E-state index contributed by atoms with van der Waals surface area (Å²) in [6.07, 6.45) is 3.62. The maximum Gasteiger partial charge on any atom is 0.319 e. The molecule has 1 aliphatic rings. The number of hydrogen-bond acceptors (Lipinski definition) is 7. The maximum atomic E-state index is 14.1. The molecule has 0 radical (unpaired) electrons. The molecule has 1 fully saturated rings. The summed E-state index contributed by atoms with van der Waals surface area (Å²) in [5.41, 5.74) is 4.25. The zero-order chi connectivity index (χ0) is 25.5. The highest BCUT2D eigenvalue weighted by Gasteiger charge is 2.25. The number of carbonyl (C=O) groups excluding carboxylic acids is 2. The molecule has 13 heteroatoms. The Morgan fingerprint density at radius 1 is 1.31 bits per heavy atom. The number of aliphatic hydroxyl groups excluding tert-OH is 1. The van der Waals surface area contributed by atoms with Gasteiger partial charge in [-0.2, -0.15) is 4.37 Å². The van der Waals surface area contributed by atoms with Crippen molar-refractivity contribution in [1.82, 2.24) is 14.6 Å². The van der Waals surface area contributed by atoms with Gasteiger partial charge in [-0.3, -0.25) is 15.0 Å². The number of rotatable bonds is 11. The number of aromatic nitrogens is 1. The number of benzene rings is 1. The summed E-state index contributed by atoms with van der Waals surface area (Å²) in [6, 6.07) is 0.453. The molecule has 0 saturated carbocycles. The van der Waals surface area contributed by atoms with E-state index in [2.05, 4.69) is 19.9 Å². The van der Waals surface area contributed by atoms with Gasteiger partial charge in [0.1, 0.15) is 23.0 Å². The lowest BCUT2D eigenvalue weighted by atomic mass is 10.1. The molecule has 2 aromatic rings. The van der Waals surface area contributed by atoms with Crippen LogP contribution in [0.25, 0.3) is 0 Å². The van der Waals surface area contributed by atoms with Crippen LogP contribution < -0.4 is 21.1 Å². The van der Waals surface area contributed by atoms with Crippen molar-refractivity contribution in [3.05, 3.63) is 40.2 Å². The van der Waals surface area contributed by atoms with Gasteiger partial charge < -0.3 is 20.9 Å². The van der Waals surface area contributed by atoms with Gasteiger partial charge in [0.2, 0.25) is 5.88 Å². The average Bonchev–Trinajstić information content (AvgIpc) is 3.43. The number of ether oxygens (including phenoxy) is 1. The number of aliphatic hydroxyl groups is 1. The van der Waals surface area contributed by atoms with Crippen LogP contribution in [-0.4, -0.2) is 58.6 Å². The lowest BCUT2D eigenvalue weighted by molar-refractivity contribution is 0.0996. The van der Waals surface area contributed by atoms with Crippen LogP contribution in [-0.2, 0) is 6.61 Å². The van der Waals surface area contributed by atoms with Gasteiger partial charge in [0, 0.05) is 12.6 Å². The number of nitrogens with one attached hydrogen (secondary N) is 2. The van der Waals surface area contributed by atoms with Gasteiger partial charge in [0.05, 0.1) is 12.2 Å². The Morgan fingerprint density at radius 2 is 2.09 bits per heavy atom. The van der Waals surface area contributed by atoms with E-state index < -0.39 is 41.6 Å². The van der Waals surface area contributed by atoms with Crippen LogP contribution in [0.3, 0.4) is 0 Å². The number of nitrogens with two attached hydrogens (primary N) is 1. The van der Waals surface area contributed by atoms with Crippen molar-refractivity contribution in [2.24, 2.45) is 5.73 Å². The standard InChI is InChI=1S/C22H28F3N5O4S/c1-12-9-15(23)14(18(25)17(12)24)11-34-20-16(19(26)32)21(35-29-20)28-22(33)27-6-2-3-7-30-8-4-5-13(30)10-31/h9,13,31H,2-8,10-11H2,1H3,(H2,26,32)(H2,27,28,33). The molecule has 0 bridgehead atoms. The SMILES string of the molecule is Cc1cc(F)c(COc2nsc(NC(=O)NCCCCN3CCCC3CO)c2C(N)=O)c(F)c1F. The highest BCUT2D eigenvalue weighted by molar-refractivity contribution is 7.11. The molecule has 192 valence electrons. The number of unbranched alkanes of at least 4 members (excludes halogenated alkanes) is 1. The van der Waals surface area contributed by atoms with E-state index in [1.54, 1.807) is 0 Å². The monoisotopic (exact) mass is 515 g/mol. The van der Waals surface area contributed by atoms with Crippen molar-refractivity contribution in [3.8, 4) is 5.88 Å². The van der Waals surface area contributed by atoms with E-state index in [1.165, 1.54) is 6.92 Å². The molecule has 1 aromatic heterocycles. The van der Waals surface area contributed by atoms with Gasteiger partial charge in [0.25, 0.3) is 5.91 Å². The summed E-state index contributed by atoms with van der Waals surface area (Å²) < 4.78 is 51.0. The molecule has 1 saturated heterocycles. The third-order valence-corrected chi connectivity index (χ3v) is 6.54. The number of hydrogen-bond donors (Lipinski definition) is 4. The molecule has 5 N–H and O–H groups in total. The summed E-state index contributed by atoms with van der Waals surface area (Å²) in [4.78, 5) is 26.4. The molecule has 35 heavy (non-hydrogen) atoms. The Labute approximate surface area is 204 Å². The van der Waals surface area contributed by atoms with Crippen LogP contribution in [0.2, 0.25) is 0 Å². The van der Waals surface area contributed by atoms with E-state index in [9.17, 15) is 27.9 Å². The van der Waals surface area contributed by atoms with Gasteiger partial charge in [-0.25, -0.2) is 18.0 Å². The molecule has 1 unspecified atom stereocenters. The van der Waals surface area contributed by atoms with Crippen molar-refractivity contribution in [1.29, 1.82) is 0 Å². The molecule has 1 aromatic carbocycles. The Bertz CT molecular complexity index is 1070. The fraction of sp³-hybridized carbons (Fsp3) is 0.500. The highest BCUT2D eigenvalue weighted by Crippen LogP contribution is 2.31. The summed E-state index contributed by atoms with van der Waals surface area (Å²) in [5, 5.41) is 14.5. The van der Waals surface area contributed by atoms with Gasteiger partial charge in [-0.15, -0.1) is 0 Å². The van der Waals surface area contributed by atoms with E-state index >= 15 is 0 Å². The third kappa shape index (κ3) is 6.61. The molecule has 1 aliphatic heterocycles. The van der Waals surface area contributed by atoms with Crippen molar-refractivity contribution >= 4 is 28.5 Å². The van der Waals surface area contributed by atoms with E-state index in [-0.39, 0.29) is 34.7 Å². The number of amides is 3. The first kappa shape index (κ1) is 26.7. The van der Waals surface area contributed by atoms with Crippen LogP contribution in [0.5, 0.6) is 5.88 Å². The Kier molecular flexibility index (Phi) is 9.29. The highest BCUT2D eigenvalue weighted by atomic mass is 32.1. The predicted octanol–water partition coefficient (Wildman–Crippen LogP) is 2.91. The van der Waals surface area contributed by atoms with E-state index in [0.717, 1.165) is 38.4 Å². The summed E-state index contributed by atoms with van der Waals surface area (Å²) >= 11 is 0.706. The van der Waals surface area contributed by atoms with E-state index in [4.69, 9.17) is 10.5 Å². The number of urea groups is 1. The van der Waals surface area contributed by atoms with Crippen LogP contribution >= 0.6 is 11.5 Å². The molecule has 2 heterocycles. The molecule has 0 spiro atoms. The second kappa shape index (κ2) is 12.2. The molecular formula is C22H28F3N5O4S. The number of carbonyl (C=O) groups is 2. The van der Waals surface area contributed by atoms with Gasteiger partial charge in [-0.1, -0.05) is 0 Å². The molecular weight excluding hydrogens is 487 g/mol. The number of anilines is 1. The molecule has 0 aliphatic carbocycles. The number of likely N-dealkylation sites (tertiary alicyclic amines) is 1. The first-order chi connectivity index (χ1) is 16.7. The van der Waals surface area contributed by atoms with E-state index in [1.807, 2.05) is 0 Å². The van der Waals surface area contributed by atoms with Crippen LogP contribution in [0, 0.1) is 24.4 Å².